The fourth-order valence-electron chi connectivity index (χ4n) is 1.44. The molecule has 1 heterocycles. The van der Waals surface area contributed by atoms with Gasteiger partial charge in [-0.25, -0.2) is 14.9 Å². The van der Waals surface area contributed by atoms with Gasteiger partial charge in [0.25, 0.3) is 0 Å². The molecule has 17 heavy (non-hydrogen) atoms. The number of ether oxygens (including phenoxy) is 3. The van der Waals surface area contributed by atoms with Crippen LogP contribution in [0.5, 0.6) is 0 Å². The Morgan fingerprint density at radius 3 is 2.47 bits per heavy atom. The van der Waals surface area contributed by atoms with E-state index in [0.717, 1.165) is 0 Å². The maximum Gasteiger partial charge on any atom is 0.514 e. The van der Waals surface area contributed by atoms with Gasteiger partial charge in [0.05, 0.1) is 5.60 Å². The van der Waals surface area contributed by atoms with Gasteiger partial charge in [0.15, 0.2) is 11.9 Å². The molecule has 1 rings (SSSR count). The second kappa shape index (κ2) is 4.64. The van der Waals surface area contributed by atoms with Crippen molar-refractivity contribution in [3.05, 3.63) is 12.3 Å². The fourth-order valence-corrected chi connectivity index (χ4v) is 1.44. The maximum absolute atomic E-state index is 11.0. The molecule has 1 aliphatic rings. The van der Waals surface area contributed by atoms with Gasteiger partial charge in [0.1, 0.15) is 5.76 Å². The van der Waals surface area contributed by atoms with E-state index in [-0.39, 0.29) is 12.2 Å². The van der Waals surface area contributed by atoms with E-state index in [4.69, 9.17) is 19.5 Å². The van der Waals surface area contributed by atoms with E-state index in [1.165, 1.54) is 0 Å². The third kappa shape index (κ3) is 3.69. The van der Waals surface area contributed by atoms with Crippen LogP contribution in [0.25, 0.3) is 0 Å². The maximum atomic E-state index is 11.0. The van der Waals surface area contributed by atoms with Crippen molar-refractivity contribution >= 4 is 6.16 Å². The van der Waals surface area contributed by atoms with Crippen LogP contribution in [0, 0.1) is 0 Å². The van der Waals surface area contributed by atoms with Gasteiger partial charge in [0.2, 0.25) is 0 Å². The molecule has 0 aromatic carbocycles. The lowest BCUT2D eigenvalue weighted by Gasteiger charge is -2.29. The minimum Gasteiger partial charge on any atom is -0.419 e. The van der Waals surface area contributed by atoms with E-state index < -0.39 is 23.6 Å². The van der Waals surface area contributed by atoms with Gasteiger partial charge in [0, 0.05) is 6.42 Å². The van der Waals surface area contributed by atoms with Crippen LogP contribution in [-0.2, 0) is 19.1 Å². The first kappa shape index (κ1) is 14.0. The van der Waals surface area contributed by atoms with Crippen molar-refractivity contribution in [2.45, 2.75) is 51.6 Å². The van der Waals surface area contributed by atoms with Crippen LogP contribution in [-0.4, -0.2) is 28.9 Å². The van der Waals surface area contributed by atoms with Crippen LogP contribution < -0.4 is 0 Å². The Balaban J connectivity index is 2.68. The molecule has 6 nitrogen and oxygen atoms in total. The summed E-state index contributed by atoms with van der Waals surface area (Å²) in [5.41, 5.74) is -1.57. The minimum absolute atomic E-state index is 0.0886. The second-order valence-electron chi connectivity index (χ2n) is 5.08. The molecule has 2 atom stereocenters. The number of cyclic esters (lactones) is 2. The highest BCUT2D eigenvalue weighted by Gasteiger charge is 2.45. The lowest BCUT2D eigenvalue weighted by Crippen LogP contribution is -2.37. The number of hydrogen-bond donors (Lipinski definition) is 1. The van der Waals surface area contributed by atoms with Crippen molar-refractivity contribution in [2.75, 3.05) is 0 Å². The van der Waals surface area contributed by atoms with Crippen molar-refractivity contribution in [3.8, 4) is 0 Å². The van der Waals surface area contributed by atoms with Gasteiger partial charge in [-0.05, 0) is 27.7 Å². The van der Waals surface area contributed by atoms with Crippen LogP contribution in [0.1, 0.15) is 34.1 Å². The smallest absolute Gasteiger partial charge is 0.419 e. The standard InChI is InChI=1S/C11H18O6/c1-7-11(5,16-9(12)14-7)6-8(17-13)15-10(2,3)4/h8,13H,1,6H2,2-5H3. The van der Waals surface area contributed by atoms with E-state index in [2.05, 4.69) is 11.5 Å². The molecule has 1 N–H and O–H groups in total. The highest BCUT2D eigenvalue weighted by atomic mass is 17.1. The molecular formula is C11H18O6. The monoisotopic (exact) mass is 246 g/mol. The highest BCUT2D eigenvalue weighted by Crippen LogP contribution is 2.34. The molecule has 1 aliphatic heterocycles. The first-order chi connectivity index (χ1) is 7.66. The van der Waals surface area contributed by atoms with Gasteiger partial charge < -0.3 is 14.2 Å². The topological polar surface area (TPSA) is 74.2 Å². The van der Waals surface area contributed by atoms with Crippen LogP contribution in [0.15, 0.2) is 12.3 Å². The molecule has 0 aromatic rings. The molecule has 0 saturated carbocycles. The van der Waals surface area contributed by atoms with Gasteiger partial charge >= 0.3 is 6.16 Å². The molecule has 98 valence electrons. The summed E-state index contributed by atoms with van der Waals surface area (Å²) in [6.07, 6.45) is -1.66. The van der Waals surface area contributed by atoms with Crippen molar-refractivity contribution < 1.29 is 29.1 Å². The van der Waals surface area contributed by atoms with E-state index in [1.807, 2.05) is 20.8 Å². The summed E-state index contributed by atoms with van der Waals surface area (Å²) in [4.78, 5) is 15.2. The Bertz CT molecular complexity index is 318. The Hall–Kier alpha value is -1.11. The molecule has 0 aliphatic carbocycles. The summed E-state index contributed by atoms with van der Waals surface area (Å²) >= 11 is 0. The molecule has 6 heteroatoms. The number of hydrogen-bond acceptors (Lipinski definition) is 6. The van der Waals surface area contributed by atoms with Gasteiger partial charge in [-0.15, -0.1) is 0 Å². The second-order valence-corrected chi connectivity index (χ2v) is 5.08. The Morgan fingerprint density at radius 2 is 2.12 bits per heavy atom. The number of carbonyl (C=O) groups excluding carboxylic acids is 1. The molecule has 2 unspecified atom stereocenters. The zero-order chi connectivity index (χ0) is 13.3. The van der Waals surface area contributed by atoms with E-state index >= 15 is 0 Å². The SMILES string of the molecule is C=C1OC(=O)OC1(C)CC(OO)OC(C)(C)C. The van der Waals surface area contributed by atoms with Crippen LogP contribution in [0.2, 0.25) is 0 Å². The normalized spacial score (nSPS) is 26.6. The fraction of sp³-hybridized carbons (Fsp3) is 0.727. The van der Waals surface area contributed by atoms with Crippen LogP contribution in [0.3, 0.4) is 0 Å². The predicted molar refractivity (Wildman–Crippen MR) is 58.1 cm³/mol. The lowest BCUT2D eigenvalue weighted by molar-refractivity contribution is -0.368. The summed E-state index contributed by atoms with van der Waals surface area (Å²) in [6, 6.07) is 0. The summed E-state index contributed by atoms with van der Waals surface area (Å²) in [7, 11) is 0. The van der Waals surface area contributed by atoms with Crippen molar-refractivity contribution in [2.24, 2.45) is 0 Å². The molecule has 0 radical (unpaired) electrons. The first-order valence-corrected chi connectivity index (χ1v) is 5.24. The van der Waals surface area contributed by atoms with Gasteiger partial charge in [-0.3, -0.25) is 0 Å². The first-order valence-electron chi connectivity index (χ1n) is 5.24. The quantitative estimate of drug-likeness (QED) is 0.355. The summed E-state index contributed by atoms with van der Waals surface area (Å²) in [6.45, 7) is 10.6. The molecule has 0 amide bonds. The largest absolute Gasteiger partial charge is 0.514 e. The summed E-state index contributed by atoms with van der Waals surface area (Å²) < 4.78 is 15.1. The minimum atomic E-state index is -1.06. The molecular weight excluding hydrogens is 228 g/mol. The van der Waals surface area contributed by atoms with Gasteiger partial charge in [-0.2, -0.15) is 0 Å². The molecule has 0 spiro atoms. The summed E-state index contributed by atoms with van der Waals surface area (Å²) in [5, 5.41) is 8.78. The highest BCUT2D eigenvalue weighted by molar-refractivity contribution is 5.66. The van der Waals surface area contributed by atoms with E-state index in [1.54, 1.807) is 6.92 Å². The van der Waals surface area contributed by atoms with Crippen molar-refractivity contribution in [1.29, 1.82) is 0 Å². The average molecular weight is 246 g/mol. The van der Waals surface area contributed by atoms with E-state index in [9.17, 15) is 4.79 Å². The third-order valence-electron chi connectivity index (χ3n) is 2.26. The van der Waals surface area contributed by atoms with Crippen LogP contribution >= 0.6 is 0 Å². The Kier molecular flexibility index (Phi) is 3.81. The molecule has 0 aromatic heterocycles. The average Bonchev–Trinajstić information content (AvgIpc) is 2.37. The molecule has 0 bridgehead atoms. The predicted octanol–water partition coefficient (Wildman–Crippen LogP) is 2.45. The third-order valence-corrected chi connectivity index (χ3v) is 2.26. The Morgan fingerprint density at radius 1 is 1.53 bits per heavy atom. The zero-order valence-electron chi connectivity index (χ0n) is 10.5. The molecule has 1 saturated heterocycles. The number of carbonyl (C=O) groups is 1. The zero-order valence-corrected chi connectivity index (χ0v) is 10.5. The van der Waals surface area contributed by atoms with Gasteiger partial charge in [-0.1, -0.05) is 6.58 Å². The number of rotatable bonds is 4. The van der Waals surface area contributed by atoms with Crippen molar-refractivity contribution in [1.82, 2.24) is 0 Å². The van der Waals surface area contributed by atoms with Crippen LogP contribution in [0.4, 0.5) is 4.79 Å². The van der Waals surface area contributed by atoms with Crippen molar-refractivity contribution in [3.63, 3.8) is 0 Å². The lowest BCUT2D eigenvalue weighted by atomic mass is 10.00. The molecule has 1 fully saturated rings. The summed E-state index contributed by atoms with van der Waals surface area (Å²) in [5.74, 6) is 0.169. The Labute approximate surface area is 100 Å². The van der Waals surface area contributed by atoms with E-state index in [0.29, 0.717) is 0 Å².